The number of carboxylic acid groups (broad SMARTS) is 2. The summed E-state index contributed by atoms with van der Waals surface area (Å²) in [5, 5.41) is 19.6. The van der Waals surface area contributed by atoms with Crippen molar-refractivity contribution in [3.05, 3.63) is 28.8 Å². The number of benzene rings is 1. The standard InChI is InChI=1S/C15H15F4NO6S/c1-15(2,3)26-14(25)20-5(12(21)22)4-27-11-9(18)7(16)6(13(23)24)8(17)10(11)19/h5H,4H2,1-3H3,(H,20,25)(H,21,22)(H,23,24). The topological polar surface area (TPSA) is 113 Å². The Labute approximate surface area is 154 Å². The van der Waals surface area contributed by atoms with Crippen LogP contribution in [0.15, 0.2) is 4.90 Å². The van der Waals surface area contributed by atoms with Crippen molar-refractivity contribution >= 4 is 29.8 Å². The van der Waals surface area contributed by atoms with Crippen LogP contribution >= 0.6 is 11.8 Å². The minimum atomic E-state index is -2.21. The summed E-state index contributed by atoms with van der Waals surface area (Å²) >= 11 is 0.0448. The van der Waals surface area contributed by atoms with Crippen molar-refractivity contribution < 1.29 is 46.9 Å². The first kappa shape index (κ1) is 22.5. The van der Waals surface area contributed by atoms with E-state index in [9.17, 15) is 31.9 Å². The maximum atomic E-state index is 13.9. The van der Waals surface area contributed by atoms with Gasteiger partial charge < -0.3 is 20.3 Å². The van der Waals surface area contributed by atoms with Crippen LogP contribution in [0.25, 0.3) is 0 Å². The quantitative estimate of drug-likeness (QED) is 0.373. The van der Waals surface area contributed by atoms with Gasteiger partial charge in [0.1, 0.15) is 17.2 Å². The molecule has 0 saturated heterocycles. The lowest BCUT2D eigenvalue weighted by Gasteiger charge is -2.22. The van der Waals surface area contributed by atoms with E-state index in [-0.39, 0.29) is 11.8 Å². The molecule has 0 aliphatic rings. The summed E-state index contributed by atoms with van der Waals surface area (Å²) in [5.41, 5.74) is -2.76. The summed E-state index contributed by atoms with van der Waals surface area (Å²) in [5.74, 6) is -12.8. The molecule has 1 aromatic rings. The third-order valence-corrected chi connectivity index (χ3v) is 3.97. The fourth-order valence-electron chi connectivity index (χ4n) is 1.72. The molecule has 150 valence electrons. The van der Waals surface area contributed by atoms with Gasteiger partial charge in [-0.15, -0.1) is 11.8 Å². The first-order chi connectivity index (χ1) is 12.3. The van der Waals surface area contributed by atoms with Crippen LogP contribution in [0.5, 0.6) is 0 Å². The largest absolute Gasteiger partial charge is 0.480 e. The monoisotopic (exact) mass is 413 g/mol. The predicted octanol–water partition coefficient (Wildman–Crippen LogP) is 3.01. The van der Waals surface area contributed by atoms with Crippen molar-refractivity contribution in [3.8, 4) is 0 Å². The van der Waals surface area contributed by atoms with E-state index in [1.54, 1.807) is 0 Å². The molecule has 0 aliphatic carbocycles. The van der Waals surface area contributed by atoms with Gasteiger partial charge in [0.05, 0.1) is 4.90 Å². The Morgan fingerprint density at radius 2 is 1.52 bits per heavy atom. The van der Waals surface area contributed by atoms with E-state index in [0.29, 0.717) is 0 Å². The van der Waals surface area contributed by atoms with E-state index in [1.165, 1.54) is 20.8 Å². The molecule has 7 nitrogen and oxygen atoms in total. The second kappa shape index (κ2) is 8.46. The number of hydrogen-bond donors (Lipinski definition) is 3. The summed E-state index contributed by atoms with van der Waals surface area (Å²) < 4.78 is 59.9. The zero-order chi connectivity index (χ0) is 21.1. The molecule has 1 rings (SSSR count). The van der Waals surface area contributed by atoms with Crippen LogP contribution in [0, 0.1) is 23.3 Å². The molecule has 0 bridgehead atoms. The lowest BCUT2D eigenvalue weighted by atomic mass is 10.2. The number of amides is 1. The van der Waals surface area contributed by atoms with Crippen LogP contribution < -0.4 is 5.32 Å². The van der Waals surface area contributed by atoms with Gasteiger partial charge in [0.25, 0.3) is 0 Å². The number of nitrogens with one attached hydrogen (secondary N) is 1. The Morgan fingerprint density at radius 1 is 1.04 bits per heavy atom. The van der Waals surface area contributed by atoms with Crippen molar-refractivity contribution in [2.24, 2.45) is 0 Å². The van der Waals surface area contributed by atoms with Crippen LogP contribution in [-0.4, -0.2) is 45.6 Å². The molecule has 1 amide bonds. The summed E-state index contributed by atoms with van der Waals surface area (Å²) in [6, 6.07) is -1.71. The number of rotatable bonds is 6. The van der Waals surface area contributed by atoms with E-state index in [1.807, 2.05) is 5.32 Å². The predicted molar refractivity (Wildman–Crippen MR) is 84.8 cm³/mol. The van der Waals surface area contributed by atoms with Crippen LogP contribution in [0.1, 0.15) is 31.1 Å². The zero-order valence-electron chi connectivity index (χ0n) is 14.2. The molecule has 1 aromatic carbocycles. The molecule has 0 aromatic heterocycles. The fraction of sp³-hybridized carbons (Fsp3) is 0.400. The number of aliphatic carboxylic acids is 1. The minimum absolute atomic E-state index is 0.0448. The molecule has 0 fully saturated rings. The van der Waals surface area contributed by atoms with Crippen molar-refractivity contribution in [2.45, 2.75) is 37.3 Å². The average molecular weight is 413 g/mol. The van der Waals surface area contributed by atoms with Crippen LogP contribution in [0.2, 0.25) is 0 Å². The lowest BCUT2D eigenvalue weighted by Crippen LogP contribution is -2.44. The number of alkyl carbamates (subject to hydrolysis) is 1. The van der Waals surface area contributed by atoms with E-state index in [4.69, 9.17) is 14.9 Å². The Balaban J connectivity index is 3.05. The van der Waals surface area contributed by atoms with Crippen LogP contribution in [0.4, 0.5) is 22.4 Å². The highest BCUT2D eigenvalue weighted by atomic mass is 32.2. The number of carboxylic acids is 2. The highest BCUT2D eigenvalue weighted by Gasteiger charge is 2.31. The first-order valence-corrected chi connectivity index (χ1v) is 8.19. The molecular weight excluding hydrogens is 398 g/mol. The minimum Gasteiger partial charge on any atom is -0.480 e. The smallest absolute Gasteiger partial charge is 0.408 e. The Bertz CT molecular complexity index is 752. The van der Waals surface area contributed by atoms with Gasteiger partial charge in [-0.25, -0.2) is 31.9 Å². The number of carbonyl (C=O) groups excluding carboxylic acids is 1. The normalized spacial score (nSPS) is 12.4. The molecule has 0 heterocycles. The number of thioether (sulfide) groups is 1. The number of aromatic carboxylic acids is 1. The first-order valence-electron chi connectivity index (χ1n) is 7.20. The van der Waals surface area contributed by atoms with Crippen LogP contribution in [0.3, 0.4) is 0 Å². The number of hydrogen-bond acceptors (Lipinski definition) is 5. The fourth-order valence-corrected chi connectivity index (χ4v) is 2.71. The van der Waals surface area contributed by atoms with E-state index >= 15 is 0 Å². The van der Waals surface area contributed by atoms with Gasteiger partial charge in [-0.3, -0.25) is 0 Å². The third kappa shape index (κ3) is 5.74. The second-order valence-electron chi connectivity index (χ2n) is 6.11. The third-order valence-electron chi connectivity index (χ3n) is 2.82. The molecule has 27 heavy (non-hydrogen) atoms. The SMILES string of the molecule is CC(C)(C)OC(=O)NC(CSc1c(F)c(F)c(C(=O)O)c(F)c1F)C(=O)O. The van der Waals surface area contributed by atoms with Gasteiger partial charge in [-0.05, 0) is 20.8 Å². The molecule has 1 atom stereocenters. The van der Waals surface area contributed by atoms with Crippen molar-refractivity contribution in [3.63, 3.8) is 0 Å². The molecule has 12 heteroatoms. The van der Waals surface area contributed by atoms with Crippen molar-refractivity contribution in [1.29, 1.82) is 0 Å². The van der Waals surface area contributed by atoms with Crippen LogP contribution in [-0.2, 0) is 9.53 Å². The Kier molecular flexibility index (Phi) is 7.06. The van der Waals surface area contributed by atoms with Gasteiger partial charge in [0.2, 0.25) is 0 Å². The van der Waals surface area contributed by atoms with Crippen molar-refractivity contribution in [1.82, 2.24) is 5.32 Å². The second-order valence-corrected chi connectivity index (χ2v) is 7.14. The van der Waals surface area contributed by atoms with E-state index in [2.05, 4.69) is 0 Å². The summed E-state index contributed by atoms with van der Waals surface area (Å²) in [4.78, 5) is 32.2. The van der Waals surface area contributed by atoms with Gasteiger partial charge in [-0.1, -0.05) is 0 Å². The number of ether oxygens (including phenoxy) is 1. The summed E-state index contributed by atoms with van der Waals surface area (Å²) in [6.07, 6.45) is -1.13. The van der Waals surface area contributed by atoms with E-state index < -0.39 is 69.2 Å². The highest BCUT2D eigenvalue weighted by Crippen LogP contribution is 2.32. The molecule has 0 saturated carbocycles. The van der Waals surface area contributed by atoms with E-state index in [0.717, 1.165) is 0 Å². The van der Waals surface area contributed by atoms with Gasteiger partial charge >= 0.3 is 18.0 Å². The van der Waals surface area contributed by atoms with Crippen molar-refractivity contribution in [2.75, 3.05) is 5.75 Å². The number of halogens is 4. The Morgan fingerprint density at radius 3 is 1.89 bits per heavy atom. The molecule has 0 aliphatic heterocycles. The summed E-state index contributed by atoms with van der Waals surface area (Å²) in [7, 11) is 0. The molecule has 0 radical (unpaired) electrons. The average Bonchev–Trinajstić information content (AvgIpc) is 2.49. The Hall–Kier alpha value is -2.50. The molecular formula is C15H15F4NO6S. The molecule has 1 unspecified atom stereocenters. The van der Waals surface area contributed by atoms with Gasteiger partial charge in [-0.2, -0.15) is 0 Å². The zero-order valence-corrected chi connectivity index (χ0v) is 15.0. The maximum Gasteiger partial charge on any atom is 0.408 e. The number of carbonyl (C=O) groups is 3. The van der Waals surface area contributed by atoms with Gasteiger partial charge in [0, 0.05) is 5.75 Å². The highest BCUT2D eigenvalue weighted by molar-refractivity contribution is 7.99. The molecule has 0 spiro atoms. The molecule has 3 N–H and O–H groups in total. The maximum absolute atomic E-state index is 13.9. The van der Waals surface area contributed by atoms with Gasteiger partial charge in [0.15, 0.2) is 23.3 Å². The summed E-state index contributed by atoms with van der Waals surface area (Å²) in [6.45, 7) is 4.53. The lowest BCUT2D eigenvalue weighted by molar-refractivity contribution is -0.138.